The number of aryl methyl sites for hydroxylation is 1. The van der Waals surface area contributed by atoms with Gasteiger partial charge in [-0.2, -0.15) is 0 Å². The van der Waals surface area contributed by atoms with Gasteiger partial charge in [-0.15, -0.1) is 0 Å². The molecule has 1 atom stereocenters. The molecule has 1 unspecified atom stereocenters. The molecule has 0 aliphatic heterocycles. The minimum atomic E-state index is -3.09. The Labute approximate surface area is 190 Å². The molecule has 0 radical (unpaired) electrons. The highest BCUT2D eigenvalue weighted by Crippen LogP contribution is 2.45. The second-order valence-corrected chi connectivity index (χ2v) is 11.0. The zero-order valence-electron chi connectivity index (χ0n) is 18.3. The largest absolute Gasteiger partial charge is 0.398 e. The molecule has 1 aliphatic carbocycles. The van der Waals surface area contributed by atoms with Crippen LogP contribution in [0.15, 0.2) is 18.2 Å². The molecule has 2 rings (SSSR count). The molecule has 1 fully saturated rings. The lowest BCUT2D eigenvalue weighted by Gasteiger charge is -2.26. The van der Waals surface area contributed by atoms with Gasteiger partial charge in [0.05, 0.1) is 13.2 Å². The van der Waals surface area contributed by atoms with Crippen LogP contribution in [0.2, 0.25) is 0 Å². The van der Waals surface area contributed by atoms with E-state index < -0.39 is 6.72 Å². The number of benzene rings is 1. The fourth-order valence-corrected chi connectivity index (χ4v) is 4.56. The number of nitrogens with two attached hydrogens (primary N) is 1. The number of hydrogen-bond acceptors (Lipinski definition) is 6. The summed E-state index contributed by atoms with van der Waals surface area (Å²) < 4.78 is 10.7. The van der Waals surface area contributed by atoms with Gasteiger partial charge < -0.3 is 25.0 Å². The summed E-state index contributed by atoms with van der Waals surface area (Å²) in [6, 6.07) is 5.31. The van der Waals surface area contributed by atoms with Crippen molar-refractivity contribution in [2.24, 2.45) is 5.92 Å². The van der Waals surface area contributed by atoms with Crippen LogP contribution in [-0.4, -0.2) is 36.3 Å². The molecule has 0 saturated heterocycles. The van der Waals surface area contributed by atoms with Gasteiger partial charge >= 0.3 is 6.72 Å². The molecule has 0 spiro atoms. The fraction of sp³-hybridized carbons (Fsp3) is 0.636. The third-order valence-electron chi connectivity index (χ3n) is 5.48. The summed E-state index contributed by atoms with van der Waals surface area (Å²) in [6.07, 6.45) is 8.09. The van der Waals surface area contributed by atoms with E-state index in [9.17, 15) is 14.5 Å². The van der Waals surface area contributed by atoms with Crippen molar-refractivity contribution in [3.05, 3.63) is 29.3 Å². The van der Waals surface area contributed by atoms with Crippen LogP contribution < -0.4 is 11.1 Å². The van der Waals surface area contributed by atoms with Crippen LogP contribution in [0.25, 0.3) is 0 Å². The highest BCUT2D eigenvalue weighted by atomic mass is 32.5. The quantitative estimate of drug-likeness (QED) is 0.153. The van der Waals surface area contributed by atoms with Crippen molar-refractivity contribution in [2.75, 3.05) is 25.5 Å². The van der Waals surface area contributed by atoms with Gasteiger partial charge in [-0.05, 0) is 74.4 Å². The smallest absolute Gasteiger partial charge is 0.324 e. The van der Waals surface area contributed by atoms with E-state index in [0.717, 1.165) is 44.1 Å². The fourth-order valence-electron chi connectivity index (χ4n) is 3.32. The second kappa shape index (κ2) is 13.3. The third kappa shape index (κ3) is 10.2. The lowest BCUT2D eigenvalue weighted by Crippen LogP contribution is -2.24. The number of anilines is 1. The Kier molecular flexibility index (Phi) is 11.1. The summed E-state index contributed by atoms with van der Waals surface area (Å²) in [5.41, 5.74) is 7.79. The number of nitrogen functional groups attached to an aromatic ring is 1. The number of hydrogen-bond donors (Lipinski definition) is 3. The first-order valence-electron chi connectivity index (χ1n) is 11.0. The Balaban J connectivity index is 1.47. The zero-order valence-corrected chi connectivity index (χ0v) is 20.0. The number of rotatable bonds is 15. The molecule has 1 aromatic rings. The number of amides is 1. The number of Topliss-reactive ketones (excluding diaryl/α,β-unsaturated/α-hetero) is 1. The summed E-state index contributed by atoms with van der Waals surface area (Å²) >= 11 is 5.02. The predicted octanol–water partition coefficient (Wildman–Crippen LogP) is 4.13. The Morgan fingerprint density at radius 3 is 2.61 bits per heavy atom. The second-order valence-electron chi connectivity index (χ2n) is 8.14. The van der Waals surface area contributed by atoms with Crippen LogP contribution in [0.4, 0.5) is 5.69 Å². The van der Waals surface area contributed by atoms with E-state index >= 15 is 0 Å². The van der Waals surface area contributed by atoms with Crippen LogP contribution in [0.1, 0.15) is 74.2 Å². The van der Waals surface area contributed by atoms with Crippen molar-refractivity contribution in [3.8, 4) is 0 Å². The van der Waals surface area contributed by atoms with E-state index in [1.54, 1.807) is 12.1 Å². The van der Waals surface area contributed by atoms with Crippen LogP contribution in [-0.2, 0) is 32.1 Å². The summed E-state index contributed by atoms with van der Waals surface area (Å²) in [4.78, 5) is 33.4. The maximum Gasteiger partial charge on any atom is 0.324 e. The SMILES string of the molecule is CC(=O)c1ccc(CCC(=O)NCCCCCCOP(O)(=S)OCC2CCC2)cc1N. The zero-order chi connectivity index (χ0) is 22.7. The van der Waals surface area contributed by atoms with E-state index in [2.05, 4.69) is 5.32 Å². The molecule has 0 aromatic heterocycles. The summed E-state index contributed by atoms with van der Waals surface area (Å²) in [6.45, 7) is -0.0726. The molecule has 9 heteroatoms. The number of nitrogens with one attached hydrogen (secondary N) is 1. The Morgan fingerprint density at radius 1 is 1.23 bits per heavy atom. The van der Waals surface area contributed by atoms with Gasteiger partial charge in [-0.1, -0.05) is 25.3 Å². The first kappa shape index (κ1) is 25.9. The molecule has 174 valence electrons. The van der Waals surface area contributed by atoms with Gasteiger partial charge in [0.2, 0.25) is 5.91 Å². The van der Waals surface area contributed by atoms with Gasteiger partial charge in [0.1, 0.15) is 0 Å². The van der Waals surface area contributed by atoms with Crippen LogP contribution in [0.5, 0.6) is 0 Å². The van der Waals surface area contributed by atoms with Crippen molar-refractivity contribution in [3.63, 3.8) is 0 Å². The number of unbranched alkanes of at least 4 members (excludes halogenated alkanes) is 3. The lowest BCUT2D eigenvalue weighted by atomic mass is 9.86. The Bertz CT molecular complexity index is 785. The van der Waals surface area contributed by atoms with E-state index in [4.69, 9.17) is 26.6 Å². The molecule has 1 aromatic carbocycles. The molecular formula is C22H35N2O5PS. The molecule has 1 aliphatic rings. The van der Waals surface area contributed by atoms with E-state index in [-0.39, 0.29) is 11.7 Å². The number of ketones is 1. The molecule has 0 heterocycles. The van der Waals surface area contributed by atoms with Gasteiger partial charge in [0.25, 0.3) is 0 Å². The molecule has 1 amide bonds. The maximum absolute atomic E-state index is 12.0. The lowest BCUT2D eigenvalue weighted by molar-refractivity contribution is -0.121. The predicted molar refractivity (Wildman–Crippen MR) is 126 cm³/mol. The topological polar surface area (TPSA) is 111 Å². The average molecular weight is 471 g/mol. The van der Waals surface area contributed by atoms with Gasteiger partial charge in [-0.3, -0.25) is 9.59 Å². The highest BCUT2D eigenvalue weighted by molar-refractivity contribution is 8.07. The summed E-state index contributed by atoms with van der Waals surface area (Å²) in [5.74, 6) is 0.466. The first-order valence-corrected chi connectivity index (χ1v) is 13.6. The Hall–Kier alpha value is -1.31. The minimum absolute atomic E-state index is 0.00197. The van der Waals surface area contributed by atoms with E-state index in [1.807, 2.05) is 6.07 Å². The average Bonchev–Trinajstić information content (AvgIpc) is 2.66. The molecule has 1 saturated carbocycles. The van der Waals surface area contributed by atoms with Gasteiger partial charge in [0, 0.05) is 24.2 Å². The normalized spacial score (nSPS) is 15.8. The summed E-state index contributed by atoms with van der Waals surface area (Å²) in [7, 11) is 0. The molecule has 4 N–H and O–H groups in total. The monoisotopic (exact) mass is 470 g/mol. The number of carbonyl (C=O) groups is 2. The highest BCUT2D eigenvalue weighted by Gasteiger charge is 2.22. The Morgan fingerprint density at radius 2 is 1.97 bits per heavy atom. The molecule has 31 heavy (non-hydrogen) atoms. The third-order valence-corrected chi connectivity index (χ3v) is 7.10. The van der Waals surface area contributed by atoms with Crippen molar-refractivity contribution >= 4 is 35.9 Å². The minimum Gasteiger partial charge on any atom is -0.398 e. The van der Waals surface area contributed by atoms with Crippen molar-refractivity contribution in [1.82, 2.24) is 5.32 Å². The summed E-state index contributed by atoms with van der Waals surface area (Å²) in [5, 5.41) is 2.92. The number of carbonyl (C=O) groups excluding carboxylic acids is 2. The standard InChI is InChI=1S/C22H35N2O5PS/c1-17(25)20-11-9-18(15-21(20)23)10-12-22(26)24-13-4-2-3-5-14-28-30(27,31)29-16-19-7-6-8-19/h9,11,15,19H,2-8,10,12-14,16,23H2,1H3,(H,24,26)(H,27,31). The van der Waals surface area contributed by atoms with Crippen LogP contribution in [0, 0.1) is 5.92 Å². The van der Waals surface area contributed by atoms with Crippen molar-refractivity contribution in [1.29, 1.82) is 0 Å². The van der Waals surface area contributed by atoms with E-state index in [1.165, 1.54) is 13.3 Å². The first-order chi connectivity index (χ1) is 14.8. The van der Waals surface area contributed by atoms with Gasteiger partial charge in [0.15, 0.2) is 5.78 Å². The van der Waals surface area contributed by atoms with Gasteiger partial charge in [-0.25, -0.2) is 0 Å². The molecular weight excluding hydrogens is 435 g/mol. The molecule has 7 nitrogen and oxygen atoms in total. The van der Waals surface area contributed by atoms with Crippen LogP contribution >= 0.6 is 6.72 Å². The molecule has 0 bridgehead atoms. The maximum atomic E-state index is 12.0. The van der Waals surface area contributed by atoms with E-state index in [0.29, 0.717) is 49.8 Å². The van der Waals surface area contributed by atoms with Crippen molar-refractivity contribution < 1.29 is 23.5 Å². The van der Waals surface area contributed by atoms with Crippen molar-refractivity contribution in [2.45, 2.75) is 64.7 Å². The van der Waals surface area contributed by atoms with Crippen LogP contribution in [0.3, 0.4) is 0 Å².